The number of carbonyl (C=O) groups is 1. The average Bonchev–Trinajstić information content (AvgIpc) is 2.87. The van der Waals surface area contributed by atoms with E-state index >= 15 is 0 Å². The Bertz CT molecular complexity index is 1010. The standard InChI is InChI=1S/C30H40N2O3/c1-5-15-31-16-14-30(24-12-9-13-26(17-24)35-4)19-25(18-28(33)27(30)21-31)32(20-22(2)3)29(34)23-10-7-6-8-11-23/h5-13,17,22,25,27-28,33H,1,14-16,18-21H2,2-4H3. The van der Waals surface area contributed by atoms with E-state index in [0.717, 1.165) is 38.2 Å². The van der Waals surface area contributed by atoms with Crippen LogP contribution in [-0.4, -0.2) is 66.2 Å². The van der Waals surface area contributed by atoms with E-state index in [2.05, 4.69) is 37.5 Å². The smallest absolute Gasteiger partial charge is 0.254 e. The van der Waals surface area contributed by atoms with Crippen LogP contribution in [0.4, 0.5) is 0 Å². The third kappa shape index (κ3) is 5.31. The zero-order valence-electron chi connectivity index (χ0n) is 21.4. The predicted octanol–water partition coefficient (Wildman–Crippen LogP) is 4.76. The van der Waals surface area contributed by atoms with Crippen molar-refractivity contribution in [1.82, 2.24) is 9.80 Å². The molecule has 1 saturated heterocycles. The van der Waals surface area contributed by atoms with Crippen molar-refractivity contribution in [3.05, 3.63) is 78.4 Å². The van der Waals surface area contributed by atoms with Crippen LogP contribution in [0.3, 0.4) is 0 Å². The van der Waals surface area contributed by atoms with E-state index in [1.54, 1.807) is 7.11 Å². The molecule has 4 unspecified atom stereocenters. The largest absolute Gasteiger partial charge is 0.497 e. The molecule has 4 rings (SSSR count). The summed E-state index contributed by atoms with van der Waals surface area (Å²) in [5.74, 6) is 1.31. The van der Waals surface area contributed by atoms with E-state index in [-0.39, 0.29) is 23.3 Å². The van der Waals surface area contributed by atoms with Crippen LogP contribution in [0, 0.1) is 11.8 Å². The van der Waals surface area contributed by atoms with Crippen molar-refractivity contribution in [2.75, 3.05) is 33.3 Å². The summed E-state index contributed by atoms with van der Waals surface area (Å²) in [6, 6.07) is 17.9. The molecule has 0 bridgehead atoms. The SMILES string of the molecule is C=CCN1CCC2(c3cccc(OC)c3)CC(N(CC(C)C)C(=O)c3ccccc3)CC(O)C2C1. The predicted molar refractivity (Wildman–Crippen MR) is 141 cm³/mol. The van der Waals surface area contributed by atoms with E-state index < -0.39 is 6.10 Å². The fraction of sp³-hybridized carbons (Fsp3) is 0.500. The highest BCUT2D eigenvalue weighted by molar-refractivity contribution is 5.94. The summed E-state index contributed by atoms with van der Waals surface area (Å²) >= 11 is 0. The van der Waals surface area contributed by atoms with Gasteiger partial charge in [0.2, 0.25) is 0 Å². The molecule has 2 aromatic carbocycles. The maximum Gasteiger partial charge on any atom is 0.254 e. The van der Waals surface area contributed by atoms with Gasteiger partial charge in [0, 0.05) is 42.6 Å². The number of piperidine rings is 1. The molecule has 2 aliphatic rings. The van der Waals surface area contributed by atoms with Crippen LogP contribution < -0.4 is 4.74 Å². The van der Waals surface area contributed by atoms with Gasteiger partial charge in [0.15, 0.2) is 0 Å². The Balaban J connectivity index is 1.73. The topological polar surface area (TPSA) is 53.0 Å². The molecule has 0 aromatic heterocycles. The first kappa shape index (κ1) is 25.5. The minimum absolute atomic E-state index is 0.0338. The van der Waals surface area contributed by atoms with Crippen LogP contribution in [-0.2, 0) is 5.41 Å². The van der Waals surface area contributed by atoms with Crippen LogP contribution in [0.15, 0.2) is 67.3 Å². The number of fused-ring (bicyclic) bond motifs is 1. The van der Waals surface area contributed by atoms with Gasteiger partial charge >= 0.3 is 0 Å². The number of hydrogen-bond donors (Lipinski definition) is 1. The van der Waals surface area contributed by atoms with Crippen molar-refractivity contribution < 1.29 is 14.6 Å². The molecule has 5 heteroatoms. The molecule has 1 heterocycles. The molecule has 1 saturated carbocycles. The molecule has 2 fully saturated rings. The molecule has 5 nitrogen and oxygen atoms in total. The van der Waals surface area contributed by atoms with Crippen molar-refractivity contribution in [3.8, 4) is 5.75 Å². The van der Waals surface area contributed by atoms with Crippen molar-refractivity contribution in [2.24, 2.45) is 11.8 Å². The van der Waals surface area contributed by atoms with E-state index in [1.807, 2.05) is 53.4 Å². The quantitative estimate of drug-likeness (QED) is 0.558. The lowest BCUT2D eigenvalue weighted by atomic mass is 9.56. The summed E-state index contributed by atoms with van der Waals surface area (Å²) in [6.07, 6.45) is 3.82. The number of aliphatic hydroxyl groups excluding tert-OH is 1. The van der Waals surface area contributed by atoms with Crippen LogP contribution in [0.25, 0.3) is 0 Å². The molecule has 1 amide bonds. The number of aliphatic hydroxyl groups is 1. The Morgan fingerprint density at radius 3 is 2.71 bits per heavy atom. The summed E-state index contributed by atoms with van der Waals surface area (Å²) in [7, 11) is 1.70. The van der Waals surface area contributed by atoms with E-state index in [1.165, 1.54) is 5.56 Å². The maximum absolute atomic E-state index is 13.7. The van der Waals surface area contributed by atoms with Gasteiger partial charge in [-0.1, -0.05) is 50.3 Å². The van der Waals surface area contributed by atoms with Crippen molar-refractivity contribution >= 4 is 5.91 Å². The van der Waals surface area contributed by atoms with E-state index in [9.17, 15) is 9.90 Å². The summed E-state index contributed by atoms with van der Waals surface area (Å²) in [6.45, 7) is 11.5. The molecule has 0 radical (unpaired) electrons. The molecule has 35 heavy (non-hydrogen) atoms. The van der Waals surface area contributed by atoms with Gasteiger partial charge < -0.3 is 14.7 Å². The molecule has 1 aliphatic carbocycles. The zero-order valence-corrected chi connectivity index (χ0v) is 21.4. The molecule has 2 aromatic rings. The van der Waals surface area contributed by atoms with Crippen molar-refractivity contribution in [2.45, 2.75) is 50.7 Å². The van der Waals surface area contributed by atoms with Crippen LogP contribution in [0.2, 0.25) is 0 Å². The number of likely N-dealkylation sites (tertiary alicyclic amines) is 1. The average molecular weight is 477 g/mol. The van der Waals surface area contributed by atoms with Crippen LogP contribution >= 0.6 is 0 Å². The molecular formula is C30H40N2O3. The molecule has 0 spiro atoms. The number of nitrogens with zero attached hydrogens (tertiary/aromatic N) is 2. The molecule has 4 atom stereocenters. The fourth-order valence-corrected chi connectivity index (χ4v) is 6.31. The molecule has 188 valence electrons. The first-order chi connectivity index (χ1) is 16.9. The Labute approximate surface area is 210 Å². The minimum Gasteiger partial charge on any atom is -0.497 e. The monoisotopic (exact) mass is 476 g/mol. The van der Waals surface area contributed by atoms with Crippen LogP contribution in [0.1, 0.15) is 49.0 Å². The summed E-state index contributed by atoms with van der Waals surface area (Å²) in [4.78, 5) is 18.2. The summed E-state index contributed by atoms with van der Waals surface area (Å²) in [5, 5.41) is 11.6. The number of ether oxygens (including phenoxy) is 1. The highest BCUT2D eigenvalue weighted by atomic mass is 16.5. The van der Waals surface area contributed by atoms with Gasteiger partial charge in [0.1, 0.15) is 5.75 Å². The third-order valence-corrected chi connectivity index (χ3v) is 7.93. The van der Waals surface area contributed by atoms with Crippen molar-refractivity contribution in [3.63, 3.8) is 0 Å². The number of carbonyl (C=O) groups excluding carboxylic acids is 1. The first-order valence-electron chi connectivity index (χ1n) is 12.9. The highest BCUT2D eigenvalue weighted by Crippen LogP contribution is 2.51. The van der Waals surface area contributed by atoms with Gasteiger partial charge in [0.25, 0.3) is 5.91 Å². The Morgan fingerprint density at radius 2 is 2.03 bits per heavy atom. The Kier molecular flexibility index (Phi) is 7.98. The van der Waals surface area contributed by atoms with Gasteiger partial charge in [0.05, 0.1) is 13.2 Å². The lowest BCUT2D eigenvalue weighted by Gasteiger charge is -2.56. The van der Waals surface area contributed by atoms with Crippen LogP contribution in [0.5, 0.6) is 5.75 Å². The lowest BCUT2D eigenvalue weighted by molar-refractivity contribution is -0.0630. The molecule has 1 N–H and O–H groups in total. The second-order valence-electron chi connectivity index (χ2n) is 10.7. The fourth-order valence-electron chi connectivity index (χ4n) is 6.31. The first-order valence-corrected chi connectivity index (χ1v) is 12.9. The maximum atomic E-state index is 13.7. The zero-order chi connectivity index (χ0) is 25.0. The highest BCUT2D eigenvalue weighted by Gasteiger charge is 2.53. The Morgan fingerprint density at radius 1 is 1.26 bits per heavy atom. The summed E-state index contributed by atoms with van der Waals surface area (Å²) < 4.78 is 5.58. The normalized spacial score (nSPS) is 26.7. The second-order valence-corrected chi connectivity index (χ2v) is 10.7. The second kappa shape index (κ2) is 11.0. The van der Waals surface area contributed by atoms with Gasteiger partial charge in [-0.3, -0.25) is 9.69 Å². The third-order valence-electron chi connectivity index (χ3n) is 7.93. The van der Waals surface area contributed by atoms with E-state index in [4.69, 9.17) is 4.74 Å². The van der Waals surface area contributed by atoms with Gasteiger partial charge in [-0.2, -0.15) is 0 Å². The lowest BCUT2D eigenvalue weighted by Crippen LogP contribution is -2.61. The van der Waals surface area contributed by atoms with Gasteiger partial charge in [-0.05, 0) is 61.6 Å². The van der Waals surface area contributed by atoms with E-state index in [0.29, 0.717) is 24.4 Å². The number of benzene rings is 2. The van der Waals surface area contributed by atoms with Gasteiger partial charge in [-0.15, -0.1) is 6.58 Å². The molecular weight excluding hydrogens is 436 g/mol. The Hall–Kier alpha value is -2.63. The van der Waals surface area contributed by atoms with Gasteiger partial charge in [-0.25, -0.2) is 0 Å². The number of amides is 1. The number of hydrogen-bond acceptors (Lipinski definition) is 4. The number of methoxy groups -OCH3 is 1. The minimum atomic E-state index is -0.495. The summed E-state index contributed by atoms with van der Waals surface area (Å²) in [5.41, 5.74) is 1.70. The molecule has 1 aliphatic heterocycles. The number of rotatable bonds is 8. The van der Waals surface area contributed by atoms with Crippen molar-refractivity contribution in [1.29, 1.82) is 0 Å².